The van der Waals surface area contributed by atoms with Crippen LogP contribution >= 0.6 is 27.7 Å². The quantitative estimate of drug-likeness (QED) is 0.346. The molecule has 0 aliphatic heterocycles. The number of aromatic nitrogens is 3. The molecule has 0 aliphatic rings. The van der Waals surface area contributed by atoms with Gasteiger partial charge in [-0.3, -0.25) is 9.36 Å². The molecule has 150 valence electrons. The van der Waals surface area contributed by atoms with Gasteiger partial charge < -0.3 is 10.1 Å². The van der Waals surface area contributed by atoms with Crippen LogP contribution in [0.5, 0.6) is 5.75 Å². The molecule has 2 aromatic carbocycles. The van der Waals surface area contributed by atoms with Crippen molar-refractivity contribution in [2.75, 3.05) is 11.1 Å². The van der Waals surface area contributed by atoms with Crippen LogP contribution in [0.25, 0.3) is 0 Å². The zero-order chi connectivity index (χ0) is 20.6. The molecule has 0 fully saturated rings. The smallest absolute Gasteiger partial charge is 0.234 e. The molecule has 1 atom stereocenters. The second-order valence-corrected chi connectivity index (χ2v) is 8.02. The first-order chi connectivity index (χ1) is 14.1. The third kappa shape index (κ3) is 5.95. The Morgan fingerprint density at radius 1 is 1.24 bits per heavy atom. The summed E-state index contributed by atoms with van der Waals surface area (Å²) in [4.78, 5) is 12.3. The number of hydrogen-bond donors (Lipinski definition) is 1. The fourth-order valence-electron chi connectivity index (χ4n) is 2.62. The van der Waals surface area contributed by atoms with Gasteiger partial charge in [-0.05, 0) is 43.3 Å². The number of carbonyl (C=O) groups excluding carboxylic acids is 1. The number of thioether (sulfide) groups is 1. The number of carbonyl (C=O) groups is 1. The molecule has 1 amide bonds. The van der Waals surface area contributed by atoms with Crippen LogP contribution in [0, 0.1) is 0 Å². The minimum absolute atomic E-state index is 0.111. The number of ether oxygens (including phenoxy) is 1. The Hall–Kier alpha value is -2.58. The maximum Gasteiger partial charge on any atom is 0.234 e. The first-order valence-corrected chi connectivity index (χ1v) is 10.8. The highest BCUT2D eigenvalue weighted by Crippen LogP contribution is 2.25. The van der Waals surface area contributed by atoms with Crippen LogP contribution in [0.1, 0.15) is 18.9 Å². The maximum absolute atomic E-state index is 12.3. The molecule has 29 heavy (non-hydrogen) atoms. The van der Waals surface area contributed by atoms with E-state index < -0.39 is 0 Å². The Labute approximate surface area is 182 Å². The number of anilines is 1. The third-order valence-electron chi connectivity index (χ3n) is 3.94. The van der Waals surface area contributed by atoms with Gasteiger partial charge >= 0.3 is 0 Å². The van der Waals surface area contributed by atoms with Crippen LogP contribution in [-0.4, -0.2) is 26.4 Å². The van der Waals surface area contributed by atoms with Gasteiger partial charge in [0, 0.05) is 16.7 Å². The van der Waals surface area contributed by atoms with Crippen LogP contribution in [-0.2, 0) is 11.3 Å². The standard InChI is InChI=1S/C21H21BrN4O2S/c1-3-13-26-20(15(2)28-18-7-5-4-6-8-18)24-25-21(26)29-14-19(27)23-17-11-9-16(22)10-12-17/h3-12,15H,1,13-14H2,2H3,(H,23,27)/t15-/m1/s1. The van der Waals surface area contributed by atoms with Gasteiger partial charge in [-0.15, -0.1) is 16.8 Å². The lowest BCUT2D eigenvalue weighted by atomic mass is 10.3. The van der Waals surface area contributed by atoms with Crippen molar-refractivity contribution in [3.05, 3.63) is 77.5 Å². The SMILES string of the molecule is C=CCn1c(SCC(=O)Nc2ccc(Br)cc2)nnc1[C@@H](C)Oc1ccccc1. The lowest BCUT2D eigenvalue weighted by Crippen LogP contribution is -2.15. The van der Waals surface area contributed by atoms with E-state index in [1.807, 2.05) is 66.1 Å². The maximum atomic E-state index is 12.3. The van der Waals surface area contributed by atoms with Gasteiger partial charge in [-0.1, -0.05) is 52.0 Å². The summed E-state index contributed by atoms with van der Waals surface area (Å²) < 4.78 is 8.84. The number of amides is 1. The molecule has 0 radical (unpaired) electrons. The summed E-state index contributed by atoms with van der Waals surface area (Å²) in [6.07, 6.45) is 1.48. The molecule has 0 saturated carbocycles. The molecule has 1 aromatic heterocycles. The molecular formula is C21H21BrN4O2S. The number of hydrogen-bond acceptors (Lipinski definition) is 5. The zero-order valence-corrected chi connectivity index (χ0v) is 18.3. The molecular weight excluding hydrogens is 452 g/mol. The van der Waals surface area contributed by atoms with Gasteiger partial charge in [0.1, 0.15) is 5.75 Å². The highest BCUT2D eigenvalue weighted by Gasteiger charge is 2.19. The molecule has 6 nitrogen and oxygen atoms in total. The molecule has 0 bridgehead atoms. The van der Waals surface area contributed by atoms with Crippen molar-refractivity contribution in [1.29, 1.82) is 0 Å². The summed E-state index contributed by atoms with van der Waals surface area (Å²) >= 11 is 4.70. The predicted octanol–water partition coefficient (Wildman–Crippen LogP) is 5.10. The van der Waals surface area contributed by atoms with E-state index in [1.165, 1.54) is 11.8 Å². The molecule has 0 spiro atoms. The van der Waals surface area contributed by atoms with Gasteiger partial charge in [-0.2, -0.15) is 0 Å². The van der Waals surface area contributed by atoms with Crippen molar-refractivity contribution in [3.63, 3.8) is 0 Å². The summed E-state index contributed by atoms with van der Waals surface area (Å²) in [6.45, 7) is 6.26. The van der Waals surface area contributed by atoms with Crippen molar-refractivity contribution in [3.8, 4) is 5.75 Å². The fraction of sp³-hybridized carbons (Fsp3) is 0.190. The average Bonchev–Trinajstić information content (AvgIpc) is 3.12. The first-order valence-electron chi connectivity index (χ1n) is 9.00. The van der Waals surface area contributed by atoms with Gasteiger partial charge in [0.15, 0.2) is 17.1 Å². The van der Waals surface area contributed by atoms with Crippen molar-refractivity contribution in [2.45, 2.75) is 24.7 Å². The van der Waals surface area contributed by atoms with Crippen LogP contribution in [0.2, 0.25) is 0 Å². The lowest BCUT2D eigenvalue weighted by molar-refractivity contribution is -0.113. The lowest BCUT2D eigenvalue weighted by Gasteiger charge is -2.15. The largest absolute Gasteiger partial charge is 0.483 e. The minimum Gasteiger partial charge on any atom is -0.483 e. The molecule has 0 saturated heterocycles. The van der Waals surface area contributed by atoms with Crippen LogP contribution < -0.4 is 10.1 Å². The van der Waals surface area contributed by atoms with Crippen molar-refractivity contribution < 1.29 is 9.53 Å². The van der Waals surface area contributed by atoms with Crippen molar-refractivity contribution in [2.24, 2.45) is 0 Å². The van der Waals surface area contributed by atoms with Crippen molar-refractivity contribution in [1.82, 2.24) is 14.8 Å². The van der Waals surface area contributed by atoms with Crippen LogP contribution in [0.4, 0.5) is 5.69 Å². The molecule has 0 unspecified atom stereocenters. The fourth-order valence-corrected chi connectivity index (χ4v) is 3.64. The Bertz CT molecular complexity index is 961. The zero-order valence-electron chi connectivity index (χ0n) is 15.9. The number of benzene rings is 2. The summed E-state index contributed by atoms with van der Waals surface area (Å²) in [5.74, 6) is 1.56. The summed E-state index contributed by atoms with van der Waals surface area (Å²) in [5, 5.41) is 12.1. The van der Waals surface area contributed by atoms with E-state index in [1.54, 1.807) is 6.08 Å². The normalized spacial score (nSPS) is 11.7. The number of rotatable bonds is 9. The summed E-state index contributed by atoms with van der Waals surface area (Å²) in [6, 6.07) is 17.0. The topological polar surface area (TPSA) is 69.0 Å². The van der Waals surface area contributed by atoms with E-state index in [0.717, 1.165) is 15.9 Å². The van der Waals surface area contributed by atoms with E-state index in [2.05, 4.69) is 38.0 Å². The van der Waals surface area contributed by atoms with Crippen LogP contribution in [0.15, 0.2) is 76.9 Å². The second-order valence-electron chi connectivity index (χ2n) is 6.16. The average molecular weight is 473 g/mol. The van der Waals surface area contributed by atoms with Gasteiger partial charge in [0.25, 0.3) is 0 Å². The molecule has 8 heteroatoms. The molecule has 1 N–H and O–H groups in total. The number of halogens is 1. The molecule has 1 heterocycles. The molecule has 3 rings (SSSR count). The van der Waals surface area contributed by atoms with Crippen LogP contribution in [0.3, 0.4) is 0 Å². The summed E-state index contributed by atoms with van der Waals surface area (Å²) in [5.41, 5.74) is 0.747. The highest BCUT2D eigenvalue weighted by atomic mass is 79.9. The van der Waals surface area contributed by atoms with E-state index in [-0.39, 0.29) is 17.8 Å². The number of allylic oxidation sites excluding steroid dienone is 1. The molecule has 3 aromatic rings. The Morgan fingerprint density at radius 2 is 1.97 bits per heavy atom. The summed E-state index contributed by atoms with van der Waals surface area (Å²) in [7, 11) is 0. The van der Waals surface area contributed by atoms with Crippen molar-refractivity contribution >= 4 is 39.3 Å². The predicted molar refractivity (Wildman–Crippen MR) is 119 cm³/mol. The Kier molecular flexibility index (Phi) is 7.48. The third-order valence-corrected chi connectivity index (χ3v) is 5.43. The second kappa shape index (κ2) is 10.3. The Balaban J connectivity index is 1.65. The Morgan fingerprint density at radius 3 is 2.66 bits per heavy atom. The first kappa shape index (κ1) is 21.1. The number of nitrogens with zero attached hydrogens (tertiary/aromatic N) is 3. The number of para-hydroxylation sites is 1. The van der Waals surface area contributed by atoms with E-state index in [9.17, 15) is 4.79 Å². The minimum atomic E-state index is -0.296. The monoisotopic (exact) mass is 472 g/mol. The van der Waals surface area contributed by atoms with Gasteiger partial charge in [0.05, 0.1) is 5.75 Å². The number of nitrogens with one attached hydrogen (secondary N) is 1. The highest BCUT2D eigenvalue weighted by molar-refractivity contribution is 9.10. The van der Waals surface area contributed by atoms with Gasteiger partial charge in [-0.25, -0.2) is 0 Å². The van der Waals surface area contributed by atoms with E-state index >= 15 is 0 Å². The van der Waals surface area contributed by atoms with Gasteiger partial charge in [0.2, 0.25) is 5.91 Å². The van der Waals surface area contributed by atoms with E-state index in [4.69, 9.17) is 4.74 Å². The van der Waals surface area contributed by atoms with E-state index in [0.29, 0.717) is 17.5 Å². The molecule has 0 aliphatic carbocycles.